The maximum absolute atomic E-state index is 6.07. The average Bonchev–Trinajstić information content (AvgIpc) is 2.40. The fourth-order valence-electron chi connectivity index (χ4n) is 1.76. The molecule has 0 aliphatic carbocycles. The minimum Gasteiger partial charge on any atom is -0.437 e. The fraction of sp³-hybridized carbons (Fsp3) is 0.312. The summed E-state index contributed by atoms with van der Waals surface area (Å²) in [5.74, 6) is 1.18. The van der Waals surface area contributed by atoms with E-state index in [0.29, 0.717) is 22.7 Å². The Hall–Kier alpha value is -1.58. The van der Waals surface area contributed by atoms with Gasteiger partial charge in [-0.05, 0) is 24.6 Å². The zero-order valence-electron chi connectivity index (χ0n) is 12.0. The van der Waals surface area contributed by atoms with Crippen LogP contribution in [0.15, 0.2) is 36.4 Å². The van der Waals surface area contributed by atoms with Gasteiger partial charge < -0.3 is 10.1 Å². The number of halogens is 1. The zero-order chi connectivity index (χ0) is 14.5. The van der Waals surface area contributed by atoms with Crippen molar-refractivity contribution in [2.45, 2.75) is 33.4 Å². The molecule has 1 heterocycles. The van der Waals surface area contributed by atoms with Gasteiger partial charge in [-0.15, -0.1) is 0 Å². The third-order valence-electron chi connectivity index (χ3n) is 2.92. The third-order valence-corrected chi connectivity index (χ3v) is 3.23. The Bertz CT molecular complexity index is 584. The van der Waals surface area contributed by atoms with Gasteiger partial charge in [0.25, 0.3) is 0 Å². The predicted molar refractivity (Wildman–Crippen MR) is 82.5 cm³/mol. The van der Waals surface area contributed by atoms with Crippen LogP contribution in [0.2, 0.25) is 5.02 Å². The smallest absolute Gasteiger partial charge is 0.219 e. The summed E-state index contributed by atoms with van der Waals surface area (Å²) < 4.78 is 5.71. The molecular formula is C16H19ClN2O. The number of aromatic nitrogens is 1. The number of nitrogens with zero attached hydrogens (tertiary/aromatic N) is 1. The van der Waals surface area contributed by atoms with Crippen LogP contribution in [0.4, 0.5) is 0 Å². The van der Waals surface area contributed by atoms with Gasteiger partial charge in [0, 0.05) is 24.3 Å². The Morgan fingerprint density at radius 1 is 1.20 bits per heavy atom. The van der Waals surface area contributed by atoms with Crippen LogP contribution in [0.5, 0.6) is 11.6 Å². The van der Waals surface area contributed by atoms with Crippen molar-refractivity contribution in [2.75, 3.05) is 0 Å². The second kappa shape index (κ2) is 6.73. The minimum absolute atomic E-state index is 0.452. The number of hydrogen-bond acceptors (Lipinski definition) is 3. The van der Waals surface area contributed by atoms with E-state index in [4.69, 9.17) is 16.3 Å². The number of benzene rings is 1. The summed E-state index contributed by atoms with van der Waals surface area (Å²) in [5.41, 5.74) is 2.13. The Morgan fingerprint density at radius 3 is 2.60 bits per heavy atom. The second-order valence-corrected chi connectivity index (χ2v) is 5.37. The van der Waals surface area contributed by atoms with E-state index in [1.54, 1.807) is 6.07 Å². The highest BCUT2D eigenvalue weighted by molar-refractivity contribution is 6.32. The van der Waals surface area contributed by atoms with Crippen molar-refractivity contribution >= 4 is 11.6 Å². The molecule has 20 heavy (non-hydrogen) atoms. The van der Waals surface area contributed by atoms with Crippen LogP contribution in [0.25, 0.3) is 0 Å². The van der Waals surface area contributed by atoms with Gasteiger partial charge in [0.1, 0.15) is 5.75 Å². The molecule has 0 spiro atoms. The lowest BCUT2D eigenvalue weighted by molar-refractivity contribution is 0.461. The van der Waals surface area contributed by atoms with Crippen LogP contribution in [-0.4, -0.2) is 11.0 Å². The summed E-state index contributed by atoms with van der Waals surface area (Å²) >= 11 is 6.07. The van der Waals surface area contributed by atoms with Crippen LogP contribution in [-0.2, 0) is 6.54 Å². The van der Waals surface area contributed by atoms with Crippen molar-refractivity contribution in [3.05, 3.63) is 52.7 Å². The van der Waals surface area contributed by atoms with E-state index < -0.39 is 0 Å². The molecule has 2 aromatic rings. The quantitative estimate of drug-likeness (QED) is 0.890. The van der Waals surface area contributed by atoms with E-state index in [1.165, 1.54) is 5.56 Å². The molecule has 0 bridgehead atoms. The molecule has 1 aromatic carbocycles. The van der Waals surface area contributed by atoms with Crippen molar-refractivity contribution < 1.29 is 4.74 Å². The number of rotatable bonds is 5. The van der Waals surface area contributed by atoms with Crippen LogP contribution < -0.4 is 10.1 Å². The molecule has 0 saturated carbocycles. The SMILES string of the molecule is Cc1nc(Oc2ccccc2Cl)ccc1CNC(C)C. The number of ether oxygens (including phenoxy) is 1. The molecule has 0 atom stereocenters. The van der Waals surface area contributed by atoms with Crippen LogP contribution in [0.3, 0.4) is 0 Å². The highest BCUT2D eigenvalue weighted by Crippen LogP contribution is 2.28. The van der Waals surface area contributed by atoms with E-state index >= 15 is 0 Å². The van der Waals surface area contributed by atoms with Gasteiger partial charge >= 0.3 is 0 Å². The van der Waals surface area contributed by atoms with Crippen molar-refractivity contribution in [1.29, 1.82) is 0 Å². The first-order valence-electron chi connectivity index (χ1n) is 6.68. The van der Waals surface area contributed by atoms with E-state index in [1.807, 2.05) is 37.3 Å². The Labute approximate surface area is 124 Å². The summed E-state index contributed by atoms with van der Waals surface area (Å²) in [6.07, 6.45) is 0. The summed E-state index contributed by atoms with van der Waals surface area (Å²) in [5, 5.41) is 3.96. The summed E-state index contributed by atoms with van der Waals surface area (Å²) in [4.78, 5) is 4.47. The molecule has 1 N–H and O–H groups in total. The molecule has 0 saturated heterocycles. The largest absolute Gasteiger partial charge is 0.437 e. The zero-order valence-corrected chi connectivity index (χ0v) is 12.7. The van der Waals surface area contributed by atoms with E-state index in [0.717, 1.165) is 12.2 Å². The average molecular weight is 291 g/mol. The normalized spacial score (nSPS) is 10.8. The number of pyridine rings is 1. The molecule has 4 heteroatoms. The highest BCUT2D eigenvalue weighted by atomic mass is 35.5. The molecule has 106 valence electrons. The molecule has 0 radical (unpaired) electrons. The van der Waals surface area contributed by atoms with E-state index in [2.05, 4.69) is 24.1 Å². The molecule has 0 aliphatic heterocycles. The van der Waals surface area contributed by atoms with Crippen molar-refractivity contribution in [3.8, 4) is 11.6 Å². The molecule has 0 amide bonds. The first-order valence-corrected chi connectivity index (χ1v) is 7.06. The Kier molecular flexibility index (Phi) is 4.99. The first kappa shape index (κ1) is 14.8. The van der Waals surface area contributed by atoms with E-state index in [-0.39, 0.29) is 0 Å². The van der Waals surface area contributed by atoms with Gasteiger partial charge in [-0.1, -0.05) is 43.6 Å². The van der Waals surface area contributed by atoms with Crippen molar-refractivity contribution in [1.82, 2.24) is 10.3 Å². The number of aryl methyl sites for hydroxylation is 1. The molecule has 0 unspecified atom stereocenters. The maximum Gasteiger partial charge on any atom is 0.219 e. The maximum atomic E-state index is 6.07. The molecule has 3 nitrogen and oxygen atoms in total. The van der Waals surface area contributed by atoms with Gasteiger partial charge in [0.2, 0.25) is 5.88 Å². The molecular weight excluding hydrogens is 272 g/mol. The van der Waals surface area contributed by atoms with Gasteiger partial charge in [0.15, 0.2) is 0 Å². The predicted octanol–water partition coefficient (Wildman–Crippen LogP) is 4.33. The molecule has 0 aliphatic rings. The summed E-state index contributed by atoms with van der Waals surface area (Å²) in [6.45, 7) is 7.04. The number of hydrogen-bond donors (Lipinski definition) is 1. The second-order valence-electron chi connectivity index (χ2n) is 4.96. The fourth-order valence-corrected chi connectivity index (χ4v) is 1.94. The van der Waals surface area contributed by atoms with E-state index in [9.17, 15) is 0 Å². The molecule has 1 aromatic heterocycles. The summed E-state index contributed by atoms with van der Waals surface area (Å²) in [6, 6.07) is 11.7. The molecule has 2 rings (SSSR count). The van der Waals surface area contributed by atoms with Crippen LogP contribution in [0, 0.1) is 6.92 Å². The van der Waals surface area contributed by atoms with Gasteiger partial charge in [-0.3, -0.25) is 0 Å². The van der Waals surface area contributed by atoms with Gasteiger partial charge in [-0.25, -0.2) is 4.98 Å². The summed E-state index contributed by atoms with van der Waals surface area (Å²) in [7, 11) is 0. The Morgan fingerprint density at radius 2 is 1.95 bits per heavy atom. The topological polar surface area (TPSA) is 34.1 Å². The third kappa shape index (κ3) is 3.95. The monoisotopic (exact) mass is 290 g/mol. The number of nitrogens with one attached hydrogen (secondary N) is 1. The number of para-hydroxylation sites is 1. The van der Waals surface area contributed by atoms with Gasteiger partial charge in [0.05, 0.1) is 5.02 Å². The Balaban J connectivity index is 2.11. The van der Waals surface area contributed by atoms with Crippen molar-refractivity contribution in [2.24, 2.45) is 0 Å². The standard InChI is InChI=1S/C16H19ClN2O/c1-11(2)18-10-13-8-9-16(19-12(13)3)20-15-7-5-4-6-14(15)17/h4-9,11,18H,10H2,1-3H3. The highest BCUT2D eigenvalue weighted by Gasteiger charge is 2.06. The molecule has 0 fully saturated rings. The first-order chi connectivity index (χ1) is 9.56. The lowest BCUT2D eigenvalue weighted by Gasteiger charge is -2.12. The minimum atomic E-state index is 0.452. The van der Waals surface area contributed by atoms with Crippen molar-refractivity contribution in [3.63, 3.8) is 0 Å². The lowest BCUT2D eigenvalue weighted by atomic mass is 10.2. The lowest BCUT2D eigenvalue weighted by Crippen LogP contribution is -2.22. The van der Waals surface area contributed by atoms with Crippen LogP contribution in [0.1, 0.15) is 25.1 Å². The van der Waals surface area contributed by atoms with Gasteiger partial charge in [-0.2, -0.15) is 0 Å². The van der Waals surface area contributed by atoms with Crippen LogP contribution >= 0.6 is 11.6 Å².